The molecule has 0 spiro atoms. The third-order valence-electron chi connectivity index (χ3n) is 2.36. The van der Waals surface area contributed by atoms with E-state index in [0.717, 1.165) is 4.45 Å². The number of esters is 1. The van der Waals surface area contributed by atoms with Crippen LogP contribution < -0.4 is 5.73 Å². The SMILES string of the molecule is CCOC(=O)c1nc(N)n(P(=O)(N(C)C)N(C)C)n1. The first-order valence-corrected chi connectivity index (χ1v) is 7.17. The number of hydrogen-bond donors (Lipinski definition) is 1. The van der Waals surface area contributed by atoms with Crippen molar-refractivity contribution in [1.82, 2.24) is 23.9 Å². The number of hydrogen-bond acceptors (Lipinski definition) is 6. The van der Waals surface area contributed by atoms with E-state index in [-0.39, 0.29) is 18.4 Å². The zero-order chi connectivity index (χ0) is 14.8. The van der Waals surface area contributed by atoms with Crippen LogP contribution in [-0.4, -0.2) is 64.6 Å². The molecular weight excluding hydrogens is 271 g/mol. The summed E-state index contributed by atoms with van der Waals surface area (Å²) in [4.78, 5) is 15.3. The van der Waals surface area contributed by atoms with Crippen LogP contribution in [0.2, 0.25) is 0 Å². The molecule has 1 heterocycles. The van der Waals surface area contributed by atoms with Gasteiger partial charge in [-0.15, -0.1) is 5.10 Å². The van der Waals surface area contributed by atoms with E-state index in [9.17, 15) is 9.36 Å². The summed E-state index contributed by atoms with van der Waals surface area (Å²) in [7, 11) is 3.31. The van der Waals surface area contributed by atoms with Gasteiger partial charge in [0, 0.05) is 0 Å². The van der Waals surface area contributed by atoms with Crippen molar-refractivity contribution in [2.24, 2.45) is 0 Å². The van der Waals surface area contributed by atoms with Crippen LogP contribution >= 0.6 is 7.59 Å². The number of carbonyl (C=O) groups is 1. The molecule has 0 unspecified atom stereocenters. The van der Waals surface area contributed by atoms with Crippen LogP contribution in [0.5, 0.6) is 0 Å². The predicted molar refractivity (Wildman–Crippen MR) is 70.8 cm³/mol. The van der Waals surface area contributed by atoms with Crippen molar-refractivity contribution >= 4 is 19.5 Å². The summed E-state index contributed by atoms with van der Waals surface area (Å²) in [5.74, 6) is -1.01. The zero-order valence-electron chi connectivity index (χ0n) is 11.7. The predicted octanol–water partition coefficient (Wildman–Crippen LogP) is 0.116. The highest BCUT2D eigenvalue weighted by Gasteiger charge is 2.35. The van der Waals surface area contributed by atoms with Gasteiger partial charge in [0.2, 0.25) is 5.95 Å². The van der Waals surface area contributed by atoms with Crippen LogP contribution in [0.4, 0.5) is 5.95 Å². The van der Waals surface area contributed by atoms with Crippen molar-refractivity contribution in [3.63, 3.8) is 0 Å². The Bertz CT molecular complexity index is 500. The van der Waals surface area contributed by atoms with Crippen LogP contribution in [0.1, 0.15) is 17.5 Å². The van der Waals surface area contributed by atoms with Crippen LogP contribution in [0, 0.1) is 0 Å². The van der Waals surface area contributed by atoms with Gasteiger partial charge in [0.1, 0.15) is 0 Å². The Morgan fingerprint density at radius 3 is 2.32 bits per heavy atom. The average Bonchev–Trinajstić information content (AvgIpc) is 2.70. The minimum atomic E-state index is -3.21. The molecule has 10 heteroatoms. The van der Waals surface area contributed by atoms with Gasteiger partial charge in [-0.1, -0.05) is 0 Å². The van der Waals surface area contributed by atoms with E-state index >= 15 is 0 Å². The summed E-state index contributed by atoms with van der Waals surface area (Å²) in [5, 5.41) is 3.90. The number of anilines is 1. The molecule has 0 aliphatic carbocycles. The highest BCUT2D eigenvalue weighted by molar-refractivity contribution is 7.57. The van der Waals surface area contributed by atoms with Crippen molar-refractivity contribution in [3.05, 3.63) is 5.82 Å². The molecule has 1 rings (SSSR count). The second-order valence-electron chi connectivity index (χ2n) is 4.11. The lowest BCUT2D eigenvalue weighted by Crippen LogP contribution is -2.27. The Kier molecular flexibility index (Phi) is 4.67. The van der Waals surface area contributed by atoms with E-state index in [0.29, 0.717) is 0 Å². The fraction of sp³-hybridized carbons (Fsp3) is 0.667. The van der Waals surface area contributed by atoms with E-state index in [4.69, 9.17) is 10.5 Å². The molecule has 1 aromatic heterocycles. The third kappa shape index (κ3) is 2.78. The maximum atomic E-state index is 12.9. The maximum absolute atomic E-state index is 12.9. The molecule has 0 aliphatic rings. The Morgan fingerprint density at radius 1 is 1.37 bits per heavy atom. The Hall–Kier alpha value is -1.44. The number of rotatable bonds is 5. The zero-order valence-corrected chi connectivity index (χ0v) is 12.6. The minimum Gasteiger partial charge on any atom is -0.460 e. The molecule has 2 N–H and O–H groups in total. The monoisotopic (exact) mass is 290 g/mol. The molecule has 0 bridgehead atoms. The number of nitrogens with zero attached hydrogens (tertiary/aromatic N) is 5. The molecular formula is C9H19N6O3P. The smallest absolute Gasteiger partial charge is 0.378 e. The minimum absolute atomic E-state index is 0.103. The molecule has 19 heavy (non-hydrogen) atoms. The van der Waals surface area contributed by atoms with E-state index < -0.39 is 13.6 Å². The van der Waals surface area contributed by atoms with E-state index in [1.54, 1.807) is 35.1 Å². The Morgan fingerprint density at radius 2 is 1.89 bits per heavy atom. The lowest BCUT2D eigenvalue weighted by Gasteiger charge is -2.29. The lowest BCUT2D eigenvalue weighted by atomic mass is 10.6. The molecule has 108 valence electrons. The van der Waals surface area contributed by atoms with Gasteiger partial charge in [0.25, 0.3) is 5.82 Å². The largest absolute Gasteiger partial charge is 0.460 e. The van der Waals surface area contributed by atoms with Crippen LogP contribution in [0.3, 0.4) is 0 Å². The average molecular weight is 290 g/mol. The fourth-order valence-electron chi connectivity index (χ4n) is 1.49. The Balaban J connectivity index is 3.28. The van der Waals surface area contributed by atoms with Gasteiger partial charge in [-0.3, -0.25) is 4.57 Å². The van der Waals surface area contributed by atoms with Gasteiger partial charge < -0.3 is 10.5 Å². The van der Waals surface area contributed by atoms with Crippen molar-refractivity contribution in [2.75, 3.05) is 40.5 Å². The van der Waals surface area contributed by atoms with Crippen molar-refractivity contribution < 1.29 is 14.1 Å². The molecule has 0 saturated carbocycles. The van der Waals surface area contributed by atoms with E-state index in [1.165, 1.54) is 9.34 Å². The van der Waals surface area contributed by atoms with Crippen LogP contribution in [-0.2, 0) is 9.30 Å². The fourth-order valence-corrected chi connectivity index (χ4v) is 3.39. The standard InChI is InChI=1S/C9H19N6O3P/c1-6-18-8(16)7-11-9(10)15(12-7)19(17,13(2)3)14(4)5/h6H2,1-5H3,(H2,10,11,12). The molecule has 0 fully saturated rings. The van der Waals surface area contributed by atoms with Crippen LogP contribution in [0.25, 0.3) is 0 Å². The first-order chi connectivity index (χ1) is 8.75. The van der Waals surface area contributed by atoms with Gasteiger partial charge in [0.15, 0.2) is 0 Å². The normalized spacial score (nSPS) is 12.2. The second-order valence-corrected chi connectivity index (χ2v) is 7.12. The topological polar surface area (TPSA) is 107 Å². The van der Waals surface area contributed by atoms with Crippen molar-refractivity contribution in [2.45, 2.75) is 6.92 Å². The van der Waals surface area contributed by atoms with Gasteiger partial charge in [-0.25, -0.2) is 14.1 Å². The van der Waals surface area contributed by atoms with Gasteiger partial charge in [0.05, 0.1) is 6.61 Å². The van der Waals surface area contributed by atoms with Gasteiger partial charge in [-0.2, -0.15) is 9.44 Å². The van der Waals surface area contributed by atoms with E-state index in [2.05, 4.69) is 10.1 Å². The van der Waals surface area contributed by atoms with Gasteiger partial charge in [-0.05, 0) is 35.1 Å². The highest BCUT2D eigenvalue weighted by atomic mass is 31.2. The van der Waals surface area contributed by atoms with Crippen molar-refractivity contribution in [1.29, 1.82) is 0 Å². The molecule has 0 amide bonds. The summed E-state index contributed by atoms with van der Waals surface area (Å²) in [6.07, 6.45) is 0. The van der Waals surface area contributed by atoms with Gasteiger partial charge >= 0.3 is 13.6 Å². The number of nitrogens with two attached hydrogens (primary N) is 1. The van der Waals surface area contributed by atoms with Crippen LogP contribution in [0.15, 0.2) is 0 Å². The molecule has 0 atom stereocenters. The molecule has 0 aliphatic heterocycles. The molecule has 9 nitrogen and oxygen atoms in total. The third-order valence-corrected chi connectivity index (χ3v) is 5.23. The first kappa shape index (κ1) is 15.6. The van der Waals surface area contributed by atoms with Crippen molar-refractivity contribution in [3.8, 4) is 0 Å². The molecule has 0 saturated heterocycles. The summed E-state index contributed by atoms with van der Waals surface area (Å²) in [6, 6.07) is 0. The summed E-state index contributed by atoms with van der Waals surface area (Å²) in [5.41, 5.74) is 5.69. The second kappa shape index (κ2) is 5.68. The molecule has 0 radical (unpaired) electrons. The number of aromatic nitrogens is 3. The molecule has 0 aromatic carbocycles. The lowest BCUT2D eigenvalue weighted by molar-refractivity contribution is 0.0512. The highest BCUT2D eigenvalue weighted by Crippen LogP contribution is 2.51. The van der Waals surface area contributed by atoms with E-state index in [1.807, 2.05) is 0 Å². The quantitative estimate of drug-likeness (QED) is 0.602. The summed E-state index contributed by atoms with van der Waals surface area (Å²) in [6.45, 7) is 1.87. The first-order valence-electron chi connectivity index (χ1n) is 5.61. The Labute approximate surface area is 111 Å². The number of nitrogen functional groups attached to an aromatic ring is 1. The molecule has 1 aromatic rings. The summed E-state index contributed by atoms with van der Waals surface area (Å²) < 4.78 is 21.7. The summed E-state index contributed by atoms with van der Waals surface area (Å²) >= 11 is 0. The number of carbonyl (C=O) groups excluding carboxylic acids is 1. The number of ether oxygens (including phenoxy) is 1. The maximum Gasteiger partial charge on any atom is 0.378 e.